The van der Waals surface area contributed by atoms with E-state index in [9.17, 15) is 0 Å². The number of halogens is 4. The predicted molar refractivity (Wildman–Crippen MR) is 37.6 cm³/mol. The molecule has 0 atom stereocenters. The van der Waals surface area contributed by atoms with Crippen LogP contribution < -0.4 is 0 Å². The van der Waals surface area contributed by atoms with Gasteiger partial charge in [-0.1, -0.05) is 0 Å². The van der Waals surface area contributed by atoms with Gasteiger partial charge >= 0.3 is 49.6 Å². The predicted octanol–water partition coefficient (Wildman–Crippen LogP) is 1.73. The number of rotatable bonds is 1. The van der Waals surface area contributed by atoms with Crippen LogP contribution in [0.5, 0.6) is 0 Å². The van der Waals surface area contributed by atoms with E-state index >= 15 is 0 Å². The molecule has 7 heteroatoms. The van der Waals surface area contributed by atoms with Gasteiger partial charge in [0, 0.05) is 0 Å². The van der Waals surface area contributed by atoms with Crippen LogP contribution in [0.3, 0.4) is 0 Å². The Bertz CT molecular complexity index is 47.0. The monoisotopic (exact) mass is 250 g/mol. The summed E-state index contributed by atoms with van der Waals surface area (Å²) in [6.45, 7) is -0.250. The first-order valence-electron chi connectivity index (χ1n) is 1.89. The molecule has 58 valence electrons. The van der Waals surface area contributed by atoms with Crippen LogP contribution in [0, 0.1) is 0 Å². The molecule has 0 unspecified atom stereocenters. The summed E-state index contributed by atoms with van der Waals surface area (Å²) in [5.74, 6) is 0. The van der Waals surface area contributed by atoms with Crippen molar-refractivity contribution in [2.45, 2.75) is 0 Å². The van der Waals surface area contributed by atoms with Gasteiger partial charge in [0.2, 0.25) is 0 Å². The van der Waals surface area contributed by atoms with Gasteiger partial charge in [0.1, 0.15) is 0 Å². The molecule has 0 fully saturated rings. The van der Waals surface area contributed by atoms with E-state index in [2.05, 4.69) is 0 Å². The fraction of sp³-hybridized carbons (Fsp3) is 1.00. The van der Waals surface area contributed by atoms with Gasteiger partial charge in [0.05, 0.1) is 13.2 Å². The van der Waals surface area contributed by atoms with Crippen molar-refractivity contribution in [3.63, 3.8) is 0 Å². The zero-order chi connectivity index (χ0) is 7.91. The van der Waals surface area contributed by atoms with Crippen LogP contribution in [-0.4, -0.2) is 23.4 Å². The van der Waals surface area contributed by atoms with Gasteiger partial charge in [0.15, 0.2) is 0 Å². The molecule has 2 N–H and O–H groups in total. The van der Waals surface area contributed by atoms with Gasteiger partial charge < -0.3 is 10.2 Å². The van der Waals surface area contributed by atoms with Gasteiger partial charge in [-0.2, -0.15) is 0 Å². The fourth-order valence-corrected chi connectivity index (χ4v) is 0. The molecule has 0 spiro atoms. The molecule has 2 nitrogen and oxygen atoms in total. The average molecular weight is 252 g/mol. The van der Waals surface area contributed by atoms with E-state index in [1.165, 1.54) is 0 Å². The summed E-state index contributed by atoms with van der Waals surface area (Å²) in [5.41, 5.74) is 0. The Kier molecular flexibility index (Phi) is 11.7. The summed E-state index contributed by atoms with van der Waals surface area (Å²) in [6, 6.07) is 0. The van der Waals surface area contributed by atoms with Crippen LogP contribution in [0.1, 0.15) is 0 Å². The molecule has 0 aromatic heterocycles. The van der Waals surface area contributed by atoms with E-state index in [4.69, 9.17) is 47.4 Å². The van der Waals surface area contributed by atoms with E-state index in [0.717, 1.165) is 0 Å². The number of aliphatic hydroxyl groups excluding tert-OH is 2. The van der Waals surface area contributed by atoms with Crippen molar-refractivity contribution in [1.82, 2.24) is 0 Å². The molecular formula is C2H6Cl4O2Ti. The van der Waals surface area contributed by atoms with Gasteiger partial charge in [-0.15, -0.1) is 0 Å². The van der Waals surface area contributed by atoms with Crippen molar-refractivity contribution in [2.75, 3.05) is 13.2 Å². The molecule has 0 saturated carbocycles. The summed E-state index contributed by atoms with van der Waals surface area (Å²) in [6.07, 6.45) is 0. The number of aliphatic hydroxyl groups is 2. The van der Waals surface area contributed by atoms with Crippen LogP contribution >= 0.6 is 37.2 Å². The molecule has 0 aliphatic rings. The van der Waals surface area contributed by atoms with Crippen molar-refractivity contribution in [3.8, 4) is 0 Å². The van der Waals surface area contributed by atoms with Crippen molar-refractivity contribution in [3.05, 3.63) is 0 Å². The molecule has 0 radical (unpaired) electrons. The molecule has 0 aromatic carbocycles. The van der Waals surface area contributed by atoms with Crippen LogP contribution in [-0.2, 0) is 12.3 Å². The minimum atomic E-state index is -3.11. The third kappa shape index (κ3) is 76.2. The molecule has 0 rings (SSSR count). The topological polar surface area (TPSA) is 40.5 Å². The molecule has 9 heavy (non-hydrogen) atoms. The number of hydrogen-bond donors (Lipinski definition) is 2. The van der Waals surface area contributed by atoms with Crippen molar-refractivity contribution >= 4 is 37.2 Å². The molecule has 0 aromatic rings. The quantitative estimate of drug-likeness (QED) is 0.697. The van der Waals surface area contributed by atoms with Gasteiger partial charge in [-0.3, -0.25) is 0 Å². The van der Waals surface area contributed by atoms with Crippen molar-refractivity contribution in [2.24, 2.45) is 0 Å². The maximum atomic E-state index is 7.62. The molecule has 0 saturated heterocycles. The zero-order valence-electron chi connectivity index (χ0n) is 4.32. The van der Waals surface area contributed by atoms with Gasteiger partial charge in [-0.05, 0) is 0 Å². The van der Waals surface area contributed by atoms with Crippen molar-refractivity contribution in [1.29, 1.82) is 0 Å². The molecule has 0 aliphatic heterocycles. The van der Waals surface area contributed by atoms with E-state index < -0.39 is 12.3 Å². The normalized spacial score (nSPS) is 10.0. The summed E-state index contributed by atoms with van der Waals surface area (Å²) in [7, 11) is 20.1. The van der Waals surface area contributed by atoms with Crippen LogP contribution in [0.15, 0.2) is 0 Å². The average Bonchev–Trinajstić information content (AvgIpc) is 1.61. The SMILES string of the molecule is OCCO.[Cl][Ti]([Cl])([Cl])[Cl]. The second-order valence-corrected chi connectivity index (χ2v) is 16.4. The van der Waals surface area contributed by atoms with E-state index in [1.54, 1.807) is 0 Å². The summed E-state index contributed by atoms with van der Waals surface area (Å²) in [5, 5.41) is 15.2. The molecular weight excluding hydrogens is 246 g/mol. The third-order valence-electron chi connectivity index (χ3n) is 0.1000. The van der Waals surface area contributed by atoms with Crippen molar-refractivity contribution < 1.29 is 22.6 Å². The Morgan fingerprint density at radius 2 is 1.00 bits per heavy atom. The Balaban J connectivity index is 0. The third-order valence-corrected chi connectivity index (χ3v) is 0.1000. The first-order valence-corrected chi connectivity index (χ1v) is 10.5. The second-order valence-electron chi connectivity index (χ2n) is 0.876. The van der Waals surface area contributed by atoms with Crippen LogP contribution in [0.25, 0.3) is 0 Å². The Hall–Kier alpha value is 1.79. The molecule has 0 heterocycles. The van der Waals surface area contributed by atoms with E-state index in [1.807, 2.05) is 0 Å². The van der Waals surface area contributed by atoms with Crippen LogP contribution in [0.4, 0.5) is 0 Å². The Morgan fingerprint density at radius 3 is 1.00 bits per heavy atom. The Morgan fingerprint density at radius 1 is 0.889 bits per heavy atom. The Labute approximate surface area is 72.5 Å². The molecule has 0 aliphatic carbocycles. The van der Waals surface area contributed by atoms with Gasteiger partial charge in [0.25, 0.3) is 0 Å². The van der Waals surface area contributed by atoms with Crippen LogP contribution in [0.2, 0.25) is 0 Å². The summed E-state index contributed by atoms with van der Waals surface area (Å²) >= 11 is -3.11. The minimum absolute atomic E-state index is 0.125. The van der Waals surface area contributed by atoms with Gasteiger partial charge in [-0.25, -0.2) is 0 Å². The maximum absolute atomic E-state index is 7.62. The summed E-state index contributed by atoms with van der Waals surface area (Å²) < 4.78 is 0. The second kappa shape index (κ2) is 7.90. The fourth-order valence-electron chi connectivity index (χ4n) is 0. The number of hydrogen-bond acceptors (Lipinski definition) is 2. The first-order chi connectivity index (χ1) is 3.91. The van der Waals surface area contributed by atoms with E-state index in [0.29, 0.717) is 0 Å². The molecule has 0 amide bonds. The molecule has 0 bridgehead atoms. The summed E-state index contributed by atoms with van der Waals surface area (Å²) in [4.78, 5) is 0. The first kappa shape index (κ1) is 13.4. The zero-order valence-corrected chi connectivity index (χ0v) is 8.91. The standard InChI is InChI=1S/C2H6O2.4ClH.Ti/c3-1-2-4;;;;;/h3-4H,1-2H2;4*1H;/q;;;;;+4/p-4. The van der Waals surface area contributed by atoms with E-state index in [-0.39, 0.29) is 13.2 Å².